The summed E-state index contributed by atoms with van der Waals surface area (Å²) >= 11 is 0. The number of hydrogen-bond donors (Lipinski definition) is 0. The maximum absolute atomic E-state index is 12.0. The zero-order chi connectivity index (χ0) is 13.5. The maximum Gasteiger partial charge on any atom is 0.328 e. The fraction of sp³-hybridized carbons (Fsp3) is 0.538. The Morgan fingerprint density at radius 2 is 1.53 bits per heavy atom. The van der Waals surface area contributed by atoms with Crippen LogP contribution in [0.2, 0.25) is 0 Å². The minimum absolute atomic E-state index is 0.199. The van der Waals surface area contributed by atoms with Crippen LogP contribution in [0.5, 0.6) is 0 Å². The lowest BCUT2D eigenvalue weighted by atomic mass is 9.78. The third kappa shape index (κ3) is 2.96. The van der Waals surface area contributed by atoms with Crippen molar-refractivity contribution >= 4 is 11.9 Å². The number of carbonyl (C=O) groups excluding carboxylic acids is 2. The molecule has 0 aromatic carbocycles. The van der Waals surface area contributed by atoms with Gasteiger partial charge in [-0.1, -0.05) is 26.2 Å². The van der Waals surface area contributed by atoms with Crippen LogP contribution in [0.3, 0.4) is 0 Å². The molecule has 0 aromatic heterocycles. The SMILES string of the molecule is C=CC(=C)C(CC)(C(=O)OCC)C(=O)OCC. The molecule has 0 atom stereocenters. The lowest BCUT2D eigenvalue weighted by Crippen LogP contribution is -2.42. The van der Waals surface area contributed by atoms with Crippen LogP contribution < -0.4 is 0 Å². The standard InChI is InChI=1S/C13H20O4/c1-6-10(5)13(7-2,11(14)16-8-3)12(15)17-9-4/h6H,1,5,7-9H2,2-4H3. The molecular formula is C13H20O4. The molecule has 0 saturated heterocycles. The van der Waals surface area contributed by atoms with Gasteiger partial charge in [0.05, 0.1) is 13.2 Å². The van der Waals surface area contributed by atoms with Crippen molar-refractivity contribution in [2.75, 3.05) is 13.2 Å². The third-order valence-electron chi connectivity index (χ3n) is 2.57. The van der Waals surface area contributed by atoms with Crippen LogP contribution >= 0.6 is 0 Å². The van der Waals surface area contributed by atoms with Crippen LogP contribution in [0.15, 0.2) is 24.8 Å². The van der Waals surface area contributed by atoms with Gasteiger partial charge in [-0.15, -0.1) is 0 Å². The third-order valence-corrected chi connectivity index (χ3v) is 2.57. The Kier molecular flexibility index (Phi) is 6.25. The number of rotatable bonds is 7. The first-order valence-corrected chi connectivity index (χ1v) is 5.67. The molecule has 0 heterocycles. The van der Waals surface area contributed by atoms with E-state index in [1.165, 1.54) is 6.08 Å². The highest BCUT2D eigenvalue weighted by molar-refractivity contribution is 6.04. The summed E-state index contributed by atoms with van der Waals surface area (Å²) in [5.41, 5.74) is -1.16. The van der Waals surface area contributed by atoms with E-state index in [4.69, 9.17) is 9.47 Å². The molecule has 0 rings (SSSR count). The van der Waals surface area contributed by atoms with E-state index in [2.05, 4.69) is 13.2 Å². The highest BCUT2D eigenvalue weighted by atomic mass is 16.6. The Hall–Kier alpha value is -1.58. The molecule has 0 saturated carbocycles. The minimum atomic E-state index is -1.46. The van der Waals surface area contributed by atoms with Crippen molar-refractivity contribution in [1.82, 2.24) is 0 Å². The van der Waals surface area contributed by atoms with Crippen LogP contribution in [-0.2, 0) is 19.1 Å². The van der Waals surface area contributed by atoms with Crippen LogP contribution in [0.25, 0.3) is 0 Å². The van der Waals surface area contributed by atoms with Gasteiger partial charge in [-0.25, -0.2) is 0 Å². The molecule has 96 valence electrons. The van der Waals surface area contributed by atoms with E-state index in [1.54, 1.807) is 20.8 Å². The van der Waals surface area contributed by atoms with Crippen LogP contribution in [0.1, 0.15) is 27.2 Å². The number of esters is 2. The first kappa shape index (κ1) is 15.4. The summed E-state index contributed by atoms with van der Waals surface area (Å²) in [7, 11) is 0. The summed E-state index contributed by atoms with van der Waals surface area (Å²) in [6.45, 7) is 12.7. The Morgan fingerprint density at radius 3 is 1.76 bits per heavy atom. The Morgan fingerprint density at radius 1 is 1.12 bits per heavy atom. The van der Waals surface area contributed by atoms with E-state index >= 15 is 0 Å². The smallest absolute Gasteiger partial charge is 0.328 e. The lowest BCUT2D eigenvalue weighted by Gasteiger charge is -2.28. The maximum atomic E-state index is 12.0. The fourth-order valence-electron chi connectivity index (χ4n) is 1.54. The lowest BCUT2D eigenvalue weighted by molar-refractivity contribution is -0.168. The molecule has 0 radical (unpaired) electrons. The Bertz CT molecular complexity index is 299. The van der Waals surface area contributed by atoms with Gasteiger partial charge in [0.25, 0.3) is 0 Å². The molecule has 0 amide bonds. The van der Waals surface area contributed by atoms with Crippen molar-refractivity contribution in [2.24, 2.45) is 5.41 Å². The monoisotopic (exact) mass is 240 g/mol. The second-order valence-electron chi connectivity index (χ2n) is 3.43. The van der Waals surface area contributed by atoms with Crippen molar-refractivity contribution < 1.29 is 19.1 Å². The van der Waals surface area contributed by atoms with Crippen molar-refractivity contribution in [3.05, 3.63) is 24.8 Å². The van der Waals surface area contributed by atoms with Gasteiger partial charge in [0.15, 0.2) is 5.41 Å². The van der Waals surface area contributed by atoms with Gasteiger partial charge in [0.1, 0.15) is 0 Å². The fourth-order valence-corrected chi connectivity index (χ4v) is 1.54. The van der Waals surface area contributed by atoms with Gasteiger partial charge in [0.2, 0.25) is 0 Å². The number of hydrogen-bond acceptors (Lipinski definition) is 4. The van der Waals surface area contributed by atoms with Gasteiger partial charge in [-0.2, -0.15) is 0 Å². The normalized spacial score (nSPS) is 10.5. The molecule has 0 aliphatic carbocycles. The zero-order valence-electron chi connectivity index (χ0n) is 10.7. The first-order valence-electron chi connectivity index (χ1n) is 5.67. The highest BCUT2D eigenvalue weighted by Crippen LogP contribution is 2.34. The second kappa shape index (κ2) is 6.89. The molecule has 0 aliphatic rings. The van der Waals surface area contributed by atoms with Gasteiger partial charge in [-0.3, -0.25) is 9.59 Å². The molecule has 0 unspecified atom stereocenters. The molecule has 0 N–H and O–H groups in total. The molecule has 4 heteroatoms. The van der Waals surface area contributed by atoms with Crippen molar-refractivity contribution in [3.63, 3.8) is 0 Å². The zero-order valence-corrected chi connectivity index (χ0v) is 10.7. The van der Waals surface area contributed by atoms with E-state index in [0.29, 0.717) is 5.57 Å². The number of carbonyl (C=O) groups is 2. The largest absolute Gasteiger partial charge is 0.465 e. The average Bonchev–Trinajstić information content (AvgIpc) is 2.31. The molecular weight excluding hydrogens is 220 g/mol. The molecule has 0 aliphatic heterocycles. The molecule has 0 bridgehead atoms. The first-order chi connectivity index (χ1) is 8.00. The molecule has 17 heavy (non-hydrogen) atoms. The molecule has 4 nitrogen and oxygen atoms in total. The minimum Gasteiger partial charge on any atom is -0.465 e. The number of allylic oxidation sites excluding steroid dienone is 1. The van der Waals surface area contributed by atoms with E-state index in [-0.39, 0.29) is 19.6 Å². The quantitative estimate of drug-likeness (QED) is 0.389. The second-order valence-corrected chi connectivity index (χ2v) is 3.43. The number of ether oxygens (including phenoxy) is 2. The van der Waals surface area contributed by atoms with Crippen LogP contribution in [0, 0.1) is 5.41 Å². The van der Waals surface area contributed by atoms with Gasteiger partial charge in [-0.05, 0) is 25.8 Å². The average molecular weight is 240 g/mol. The van der Waals surface area contributed by atoms with Crippen LogP contribution in [0.4, 0.5) is 0 Å². The van der Waals surface area contributed by atoms with Gasteiger partial charge < -0.3 is 9.47 Å². The summed E-state index contributed by atoms with van der Waals surface area (Å²) in [4.78, 5) is 24.0. The summed E-state index contributed by atoms with van der Waals surface area (Å²) < 4.78 is 9.88. The topological polar surface area (TPSA) is 52.6 Å². The molecule has 0 fully saturated rings. The van der Waals surface area contributed by atoms with E-state index in [0.717, 1.165) is 0 Å². The van der Waals surface area contributed by atoms with E-state index in [9.17, 15) is 9.59 Å². The van der Waals surface area contributed by atoms with E-state index < -0.39 is 17.4 Å². The van der Waals surface area contributed by atoms with Gasteiger partial charge in [0, 0.05) is 0 Å². The molecule has 0 spiro atoms. The molecule has 0 aromatic rings. The summed E-state index contributed by atoms with van der Waals surface area (Å²) in [5, 5.41) is 0. The summed E-state index contributed by atoms with van der Waals surface area (Å²) in [6, 6.07) is 0. The van der Waals surface area contributed by atoms with Crippen molar-refractivity contribution in [3.8, 4) is 0 Å². The summed E-state index contributed by atoms with van der Waals surface area (Å²) in [6.07, 6.45) is 1.62. The Labute approximate surface area is 102 Å². The van der Waals surface area contributed by atoms with Crippen molar-refractivity contribution in [2.45, 2.75) is 27.2 Å². The van der Waals surface area contributed by atoms with Crippen molar-refractivity contribution in [1.29, 1.82) is 0 Å². The van der Waals surface area contributed by atoms with E-state index in [1.807, 2.05) is 0 Å². The predicted octanol–water partition coefficient (Wildman–Crippen LogP) is 2.25. The van der Waals surface area contributed by atoms with Gasteiger partial charge >= 0.3 is 11.9 Å². The summed E-state index contributed by atoms with van der Waals surface area (Å²) in [5.74, 6) is -1.27. The highest BCUT2D eigenvalue weighted by Gasteiger charge is 2.48. The van der Waals surface area contributed by atoms with Crippen LogP contribution in [-0.4, -0.2) is 25.2 Å². The Balaban J connectivity index is 5.43. The predicted molar refractivity (Wildman–Crippen MR) is 65.3 cm³/mol.